The zero-order chi connectivity index (χ0) is 18.4. The summed E-state index contributed by atoms with van der Waals surface area (Å²) in [6.45, 7) is 0. The minimum atomic E-state index is -0.409. The van der Waals surface area contributed by atoms with E-state index in [0.717, 1.165) is 0 Å². The number of para-hydroxylation sites is 1. The Morgan fingerprint density at radius 1 is 0.923 bits per heavy atom. The number of benzene rings is 2. The standard InChI is InChI=1S/C18H15FN4O2S/c19-12-6-8-14(9-7-12)20-16(24)10-15-11-26-18(22-15)23-17(25)21-13-4-2-1-3-5-13/h1-9,11H,10H2,(H,20,24)(H2,21,22,23,25). The molecule has 0 saturated carbocycles. The van der Waals surface area contributed by atoms with Gasteiger partial charge in [-0.15, -0.1) is 11.3 Å². The molecule has 1 heterocycles. The van der Waals surface area contributed by atoms with E-state index in [0.29, 0.717) is 22.2 Å². The van der Waals surface area contributed by atoms with Crippen molar-refractivity contribution in [2.75, 3.05) is 16.0 Å². The van der Waals surface area contributed by atoms with Crippen molar-refractivity contribution in [2.24, 2.45) is 0 Å². The molecule has 0 aliphatic carbocycles. The van der Waals surface area contributed by atoms with Crippen molar-refractivity contribution in [1.29, 1.82) is 0 Å². The molecule has 8 heteroatoms. The van der Waals surface area contributed by atoms with Gasteiger partial charge < -0.3 is 10.6 Å². The van der Waals surface area contributed by atoms with Crippen molar-refractivity contribution in [3.05, 3.63) is 71.5 Å². The van der Waals surface area contributed by atoms with Crippen LogP contribution in [0.5, 0.6) is 0 Å². The molecule has 0 unspecified atom stereocenters. The largest absolute Gasteiger partial charge is 0.326 e. The van der Waals surface area contributed by atoms with Gasteiger partial charge >= 0.3 is 6.03 Å². The van der Waals surface area contributed by atoms with Gasteiger partial charge in [0.05, 0.1) is 12.1 Å². The van der Waals surface area contributed by atoms with E-state index in [9.17, 15) is 14.0 Å². The average molecular weight is 370 g/mol. The fourth-order valence-electron chi connectivity index (χ4n) is 2.13. The summed E-state index contributed by atoms with van der Waals surface area (Å²) in [6.07, 6.45) is 0.0514. The maximum atomic E-state index is 12.9. The van der Waals surface area contributed by atoms with Crippen LogP contribution in [0.2, 0.25) is 0 Å². The number of nitrogens with zero attached hydrogens (tertiary/aromatic N) is 1. The van der Waals surface area contributed by atoms with Crippen LogP contribution < -0.4 is 16.0 Å². The molecule has 0 aliphatic heterocycles. The number of aromatic nitrogens is 1. The highest BCUT2D eigenvalue weighted by Gasteiger charge is 2.10. The lowest BCUT2D eigenvalue weighted by molar-refractivity contribution is -0.115. The second kappa shape index (κ2) is 8.21. The van der Waals surface area contributed by atoms with Gasteiger partial charge in [0, 0.05) is 16.8 Å². The molecule has 0 spiro atoms. The number of hydrogen-bond acceptors (Lipinski definition) is 4. The maximum absolute atomic E-state index is 12.9. The van der Waals surface area contributed by atoms with Gasteiger partial charge in [0.1, 0.15) is 5.82 Å². The van der Waals surface area contributed by atoms with E-state index in [4.69, 9.17) is 0 Å². The Hall–Kier alpha value is -3.26. The Morgan fingerprint density at radius 3 is 2.35 bits per heavy atom. The average Bonchev–Trinajstić information content (AvgIpc) is 3.04. The zero-order valence-corrected chi connectivity index (χ0v) is 14.3. The van der Waals surface area contributed by atoms with Crippen molar-refractivity contribution in [3.63, 3.8) is 0 Å². The fraction of sp³-hybridized carbons (Fsp3) is 0.0556. The van der Waals surface area contributed by atoms with Gasteiger partial charge in [-0.25, -0.2) is 14.2 Å². The molecule has 1 aromatic heterocycles. The summed E-state index contributed by atoms with van der Waals surface area (Å²) in [7, 11) is 0. The molecule has 26 heavy (non-hydrogen) atoms. The van der Waals surface area contributed by atoms with Crippen LogP contribution in [0.4, 0.5) is 25.7 Å². The van der Waals surface area contributed by atoms with Gasteiger partial charge in [-0.1, -0.05) is 18.2 Å². The number of amides is 3. The Labute approximate surface area is 153 Å². The first-order chi connectivity index (χ1) is 12.6. The minimum Gasteiger partial charge on any atom is -0.326 e. The number of halogens is 1. The summed E-state index contributed by atoms with van der Waals surface area (Å²) < 4.78 is 12.9. The van der Waals surface area contributed by atoms with E-state index in [-0.39, 0.29) is 18.1 Å². The van der Waals surface area contributed by atoms with Gasteiger partial charge in [-0.2, -0.15) is 0 Å². The van der Waals surface area contributed by atoms with Gasteiger partial charge in [-0.3, -0.25) is 10.1 Å². The Morgan fingerprint density at radius 2 is 1.62 bits per heavy atom. The highest BCUT2D eigenvalue weighted by Crippen LogP contribution is 2.17. The molecular weight excluding hydrogens is 355 g/mol. The number of rotatable bonds is 5. The summed E-state index contributed by atoms with van der Waals surface area (Å²) in [5.41, 5.74) is 1.71. The van der Waals surface area contributed by atoms with Crippen LogP contribution in [-0.2, 0) is 11.2 Å². The molecule has 3 amide bonds. The topological polar surface area (TPSA) is 83.1 Å². The normalized spacial score (nSPS) is 10.2. The summed E-state index contributed by atoms with van der Waals surface area (Å²) in [5, 5.41) is 10.1. The van der Waals surface area contributed by atoms with Gasteiger partial charge in [-0.05, 0) is 36.4 Å². The lowest BCUT2D eigenvalue weighted by atomic mass is 10.3. The molecule has 6 nitrogen and oxygen atoms in total. The monoisotopic (exact) mass is 370 g/mol. The first-order valence-electron chi connectivity index (χ1n) is 7.71. The number of carbonyl (C=O) groups excluding carboxylic acids is 2. The van der Waals surface area contributed by atoms with Gasteiger partial charge in [0.15, 0.2) is 5.13 Å². The van der Waals surface area contributed by atoms with Crippen molar-refractivity contribution >= 4 is 39.8 Å². The number of anilines is 3. The van der Waals surface area contributed by atoms with Crippen LogP contribution in [0.15, 0.2) is 60.0 Å². The predicted molar refractivity (Wildman–Crippen MR) is 99.9 cm³/mol. The quantitative estimate of drug-likeness (QED) is 0.632. The van der Waals surface area contributed by atoms with Crippen LogP contribution in [0.3, 0.4) is 0 Å². The summed E-state index contributed by atoms with van der Waals surface area (Å²) >= 11 is 1.23. The number of carbonyl (C=O) groups is 2. The van der Waals surface area contributed by atoms with Crippen LogP contribution in [0.1, 0.15) is 5.69 Å². The number of urea groups is 1. The first-order valence-corrected chi connectivity index (χ1v) is 8.59. The molecule has 3 N–H and O–H groups in total. The van der Waals surface area contributed by atoms with Crippen LogP contribution in [0, 0.1) is 5.82 Å². The lowest BCUT2D eigenvalue weighted by Crippen LogP contribution is -2.19. The number of nitrogens with one attached hydrogen (secondary N) is 3. The van der Waals surface area contributed by atoms with Crippen LogP contribution in [0.25, 0.3) is 0 Å². The summed E-state index contributed by atoms with van der Waals surface area (Å²) in [4.78, 5) is 28.1. The van der Waals surface area contributed by atoms with Gasteiger partial charge in [0.25, 0.3) is 0 Å². The third-order valence-electron chi connectivity index (χ3n) is 3.27. The maximum Gasteiger partial charge on any atom is 0.325 e. The SMILES string of the molecule is O=C(Cc1csc(NC(=O)Nc2ccccc2)n1)Nc1ccc(F)cc1. The predicted octanol–water partition coefficient (Wildman–Crippen LogP) is 4.11. The van der Waals surface area contributed by atoms with Crippen molar-refractivity contribution in [2.45, 2.75) is 6.42 Å². The molecule has 0 saturated heterocycles. The highest BCUT2D eigenvalue weighted by molar-refractivity contribution is 7.14. The van der Waals surface area contributed by atoms with E-state index in [2.05, 4.69) is 20.9 Å². The highest BCUT2D eigenvalue weighted by atomic mass is 32.1. The molecule has 3 rings (SSSR count). The first kappa shape index (κ1) is 17.6. The summed E-state index contributed by atoms with van der Waals surface area (Å²) in [6, 6.07) is 14.1. The molecule has 0 radical (unpaired) electrons. The van der Waals surface area contributed by atoms with Crippen molar-refractivity contribution < 1.29 is 14.0 Å². The Bertz CT molecular complexity index is 897. The second-order valence-electron chi connectivity index (χ2n) is 5.32. The smallest absolute Gasteiger partial charge is 0.325 e. The molecule has 0 fully saturated rings. The van der Waals surface area contributed by atoms with E-state index >= 15 is 0 Å². The van der Waals surface area contributed by atoms with Crippen LogP contribution >= 0.6 is 11.3 Å². The third-order valence-corrected chi connectivity index (χ3v) is 4.08. The minimum absolute atomic E-state index is 0.0514. The van der Waals surface area contributed by atoms with Crippen molar-refractivity contribution in [1.82, 2.24) is 4.98 Å². The lowest BCUT2D eigenvalue weighted by Gasteiger charge is -2.05. The Kier molecular flexibility index (Phi) is 5.55. The molecule has 0 atom stereocenters. The molecule has 132 valence electrons. The number of thiazole rings is 1. The molecule has 2 aromatic carbocycles. The Balaban J connectivity index is 1.51. The fourth-order valence-corrected chi connectivity index (χ4v) is 2.83. The molecule has 0 aliphatic rings. The van der Waals surface area contributed by atoms with E-state index in [1.165, 1.54) is 35.6 Å². The van der Waals surface area contributed by atoms with E-state index in [1.54, 1.807) is 17.5 Å². The van der Waals surface area contributed by atoms with Crippen LogP contribution in [-0.4, -0.2) is 16.9 Å². The van der Waals surface area contributed by atoms with E-state index in [1.807, 2.05) is 18.2 Å². The second-order valence-corrected chi connectivity index (χ2v) is 6.18. The number of hydrogen-bond donors (Lipinski definition) is 3. The van der Waals surface area contributed by atoms with Crippen molar-refractivity contribution in [3.8, 4) is 0 Å². The molecule has 3 aromatic rings. The third kappa shape index (κ3) is 5.12. The van der Waals surface area contributed by atoms with E-state index < -0.39 is 6.03 Å². The molecule has 0 bridgehead atoms. The van der Waals surface area contributed by atoms with Gasteiger partial charge in [0.2, 0.25) is 5.91 Å². The summed E-state index contributed by atoms with van der Waals surface area (Å²) in [5.74, 6) is -0.644. The zero-order valence-electron chi connectivity index (χ0n) is 13.5. The molecular formula is C18H15FN4O2S.